The minimum Gasteiger partial charge on any atom is -0.381 e. The van der Waals surface area contributed by atoms with Gasteiger partial charge in [0.15, 0.2) is 0 Å². The lowest BCUT2D eigenvalue weighted by atomic mass is 9.99. The summed E-state index contributed by atoms with van der Waals surface area (Å²) in [5, 5.41) is 3.05. The van der Waals surface area contributed by atoms with Crippen LogP contribution in [0.2, 0.25) is 0 Å². The van der Waals surface area contributed by atoms with Crippen molar-refractivity contribution >= 4 is 17.7 Å². The van der Waals surface area contributed by atoms with Gasteiger partial charge < -0.3 is 10.1 Å². The van der Waals surface area contributed by atoms with E-state index in [1.807, 2.05) is 31.7 Å². The van der Waals surface area contributed by atoms with Crippen LogP contribution >= 0.6 is 11.8 Å². The molecule has 0 spiro atoms. The quantitative estimate of drug-likeness (QED) is 0.768. The van der Waals surface area contributed by atoms with Crippen molar-refractivity contribution in [2.75, 3.05) is 26.0 Å². The van der Waals surface area contributed by atoms with Crippen LogP contribution in [-0.2, 0) is 9.53 Å². The summed E-state index contributed by atoms with van der Waals surface area (Å²) in [6, 6.07) is 0. The van der Waals surface area contributed by atoms with Gasteiger partial charge in [0.25, 0.3) is 0 Å². The molecule has 1 fully saturated rings. The maximum Gasteiger partial charge on any atom is 0.246 e. The van der Waals surface area contributed by atoms with Gasteiger partial charge in [0.05, 0.1) is 0 Å². The lowest BCUT2D eigenvalue weighted by molar-refractivity contribution is -0.117. The van der Waals surface area contributed by atoms with Crippen molar-refractivity contribution in [3.05, 3.63) is 11.6 Å². The summed E-state index contributed by atoms with van der Waals surface area (Å²) in [5.74, 6) is 0.0618. The van der Waals surface area contributed by atoms with E-state index in [4.69, 9.17) is 4.74 Å². The summed E-state index contributed by atoms with van der Waals surface area (Å²) >= 11 is 1.85. The predicted molar refractivity (Wildman–Crippen MR) is 73.4 cm³/mol. The molecule has 0 aromatic rings. The van der Waals surface area contributed by atoms with Crippen molar-refractivity contribution in [1.29, 1.82) is 0 Å². The fourth-order valence-electron chi connectivity index (χ4n) is 1.98. The third-order valence-corrected chi connectivity index (χ3v) is 4.70. The number of rotatable bonds is 5. The highest BCUT2D eigenvalue weighted by atomic mass is 32.2. The largest absolute Gasteiger partial charge is 0.381 e. The third kappa shape index (κ3) is 4.36. The van der Waals surface area contributed by atoms with Crippen molar-refractivity contribution in [2.24, 2.45) is 0 Å². The van der Waals surface area contributed by atoms with Gasteiger partial charge in [-0.05, 0) is 32.4 Å². The number of thioether (sulfide) groups is 1. The molecule has 4 heteroatoms. The Balaban J connectivity index is 2.47. The van der Waals surface area contributed by atoms with Gasteiger partial charge in [0.2, 0.25) is 5.91 Å². The van der Waals surface area contributed by atoms with E-state index in [9.17, 15) is 4.79 Å². The summed E-state index contributed by atoms with van der Waals surface area (Å²) in [5.41, 5.74) is 0.816. The molecule has 1 saturated heterocycles. The highest BCUT2D eigenvalue weighted by Crippen LogP contribution is 2.32. The van der Waals surface area contributed by atoms with E-state index < -0.39 is 0 Å². The zero-order chi connectivity index (χ0) is 12.7. The molecule has 0 saturated carbocycles. The zero-order valence-corrected chi connectivity index (χ0v) is 11.9. The van der Waals surface area contributed by atoms with Gasteiger partial charge in [-0.15, -0.1) is 0 Å². The van der Waals surface area contributed by atoms with E-state index in [-0.39, 0.29) is 10.7 Å². The molecule has 1 aliphatic heterocycles. The van der Waals surface area contributed by atoms with E-state index in [1.165, 1.54) is 0 Å². The molecule has 1 heterocycles. The van der Waals surface area contributed by atoms with E-state index in [2.05, 4.69) is 11.6 Å². The van der Waals surface area contributed by atoms with E-state index in [0.717, 1.165) is 44.6 Å². The number of ether oxygens (including phenoxy) is 1. The second kappa shape index (κ2) is 7.07. The normalized spacial score (nSPS) is 20.1. The number of nitrogens with one attached hydrogen (secondary N) is 1. The Bertz CT molecular complexity index is 283. The Hall–Kier alpha value is -0.480. The average molecular weight is 257 g/mol. The zero-order valence-electron chi connectivity index (χ0n) is 11.0. The van der Waals surface area contributed by atoms with Crippen LogP contribution in [0.3, 0.4) is 0 Å². The van der Waals surface area contributed by atoms with Crippen molar-refractivity contribution < 1.29 is 9.53 Å². The minimum absolute atomic E-state index is 0.0618. The molecule has 0 atom stereocenters. The van der Waals surface area contributed by atoms with Crippen molar-refractivity contribution in [3.63, 3.8) is 0 Å². The molecule has 1 aliphatic rings. The Morgan fingerprint density at radius 1 is 1.47 bits per heavy atom. The molecular formula is C13H23NO2S. The molecule has 0 radical (unpaired) electrons. The summed E-state index contributed by atoms with van der Waals surface area (Å²) < 4.78 is 5.55. The lowest BCUT2D eigenvalue weighted by Crippen LogP contribution is -2.44. The van der Waals surface area contributed by atoms with Crippen molar-refractivity contribution in [2.45, 2.75) is 37.9 Å². The van der Waals surface area contributed by atoms with Crippen LogP contribution < -0.4 is 5.32 Å². The number of amides is 1. The van der Waals surface area contributed by atoms with Gasteiger partial charge in [-0.2, -0.15) is 11.8 Å². The van der Waals surface area contributed by atoms with Gasteiger partial charge in [-0.1, -0.05) is 13.0 Å². The molecule has 1 N–H and O–H groups in total. The smallest absolute Gasteiger partial charge is 0.246 e. The molecule has 17 heavy (non-hydrogen) atoms. The molecule has 3 nitrogen and oxygen atoms in total. The third-order valence-electron chi connectivity index (χ3n) is 3.28. The number of carbonyl (C=O) groups excluding carboxylic acids is 1. The molecule has 0 bridgehead atoms. The number of carbonyl (C=O) groups is 1. The van der Waals surface area contributed by atoms with E-state index in [0.29, 0.717) is 0 Å². The highest BCUT2D eigenvalue weighted by Gasteiger charge is 2.32. The monoisotopic (exact) mass is 257 g/mol. The minimum atomic E-state index is 0.0618. The van der Waals surface area contributed by atoms with Gasteiger partial charge in [-0.25, -0.2) is 0 Å². The first-order valence-corrected chi connectivity index (χ1v) is 7.44. The molecule has 1 amide bonds. The Labute approximate surface area is 108 Å². The highest BCUT2D eigenvalue weighted by molar-refractivity contribution is 8.00. The summed E-state index contributed by atoms with van der Waals surface area (Å²) in [4.78, 5) is 11.8. The molecule has 1 rings (SSSR count). The first-order valence-electron chi connectivity index (χ1n) is 6.21. The lowest BCUT2D eigenvalue weighted by Gasteiger charge is -2.35. The first-order chi connectivity index (χ1) is 8.13. The Morgan fingerprint density at radius 3 is 2.65 bits per heavy atom. The SMILES string of the molecule is CC/C=C(\C)C(=O)NCC1(SC)CCOCC1. The summed E-state index contributed by atoms with van der Waals surface area (Å²) in [6.45, 7) is 6.26. The Kier molecular flexibility index (Phi) is 6.06. The summed E-state index contributed by atoms with van der Waals surface area (Å²) in [7, 11) is 0. The fraction of sp³-hybridized carbons (Fsp3) is 0.769. The molecular weight excluding hydrogens is 234 g/mol. The molecule has 0 aromatic carbocycles. The summed E-state index contributed by atoms with van der Waals surface area (Å²) in [6.07, 6.45) is 7.02. The van der Waals surface area contributed by atoms with Crippen LogP contribution in [0.25, 0.3) is 0 Å². The fourth-order valence-corrected chi connectivity index (χ4v) is 2.77. The molecule has 98 valence electrons. The van der Waals surface area contributed by atoms with Crippen LogP contribution in [0.1, 0.15) is 33.1 Å². The number of allylic oxidation sites excluding steroid dienone is 1. The second-order valence-corrected chi connectivity index (χ2v) is 5.75. The van der Waals surface area contributed by atoms with E-state index in [1.54, 1.807) is 0 Å². The van der Waals surface area contributed by atoms with Crippen molar-refractivity contribution in [3.8, 4) is 0 Å². The van der Waals surface area contributed by atoms with Crippen LogP contribution in [0, 0.1) is 0 Å². The Morgan fingerprint density at radius 2 is 2.12 bits per heavy atom. The van der Waals surface area contributed by atoms with Gasteiger partial charge in [0, 0.05) is 30.1 Å². The average Bonchev–Trinajstić information content (AvgIpc) is 2.37. The van der Waals surface area contributed by atoms with Crippen LogP contribution in [-0.4, -0.2) is 36.7 Å². The van der Waals surface area contributed by atoms with Crippen LogP contribution in [0.5, 0.6) is 0 Å². The predicted octanol–water partition coefficient (Wildman–Crippen LogP) is 2.37. The van der Waals surface area contributed by atoms with E-state index >= 15 is 0 Å². The van der Waals surface area contributed by atoms with Crippen LogP contribution in [0.4, 0.5) is 0 Å². The number of hydrogen-bond donors (Lipinski definition) is 1. The first kappa shape index (κ1) is 14.6. The van der Waals surface area contributed by atoms with Gasteiger partial charge in [0.1, 0.15) is 0 Å². The molecule has 0 unspecified atom stereocenters. The topological polar surface area (TPSA) is 38.3 Å². The maximum absolute atomic E-state index is 11.8. The number of hydrogen-bond acceptors (Lipinski definition) is 3. The molecule has 0 aromatic heterocycles. The standard InChI is InChI=1S/C13H23NO2S/c1-4-5-11(2)12(15)14-10-13(17-3)6-8-16-9-7-13/h5H,4,6-10H2,1-3H3,(H,14,15)/b11-5+. The maximum atomic E-state index is 11.8. The second-order valence-electron chi connectivity index (χ2n) is 4.48. The molecule has 0 aliphatic carbocycles. The van der Waals surface area contributed by atoms with Crippen molar-refractivity contribution in [1.82, 2.24) is 5.32 Å². The van der Waals surface area contributed by atoms with Gasteiger partial charge in [-0.3, -0.25) is 4.79 Å². The van der Waals surface area contributed by atoms with Crippen LogP contribution in [0.15, 0.2) is 11.6 Å². The van der Waals surface area contributed by atoms with Gasteiger partial charge >= 0.3 is 0 Å².